The summed E-state index contributed by atoms with van der Waals surface area (Å²) in [6.45, 7) is 0.534. The number of hydrogen-bond acceptors (Lipinski definition) is 1. The van der Waals surface area contributed by atoms with Gasteiger partial charge in [0.05, 0.1) is 11.0 Å². The Morgan fingerprint density at radius 2 is 1.58 bits per heavy atom. The minimum atomic E-state index is -0.465. The van der Waals surface area contributed by atoms with Gasteiger partial charge in [-0.25, -0.2) is 4.39 Å². The Morgan fingerprint density at radius 1 is 0.871 bits per heavy atom. The molecule has 1 amide bonds. The van der Waals surface area contributed by atoms with Crippen molar-refractivity contribution < 1.29 is 9.18 Å². The molecule has 0 saturated carbocycles. The Balaban J connectivity index is 1.78. The number of carbonyl (C=O) groups excluding carboxylic acids is 1. The van der Waals surface area contributed by atoms with Crippen molar-refractivity contribution in [1.29, 1.82) is 0 Å². The first-order chi connectivity index (χ1) is 15.0. The third-order valence-electron chi connectivity index (χ3n) is 5.59. The predicted octanol–water partition coefficient (Wildman–Crippen LogP) is 6.40. The van der Waals surface area contributed by atoms with E-state index in [9.17, 15) is 9.18 Å². The molecule has 0 unspecified atom stereocenters. The number of primary amides is 1. The zero-order chi connectivity index (χ0) is 21.5. The normalized spacial score (nSPS) is 11.3. The van der Waals surface area contributed by atoms with Crippen molar-refractivity contribution >= 4 is 39.3 Å². The highest BCUT2D eigenvalue weighted by atomic mass is 35.5. The number of nitrogens with two attached hydrogens (primary N) is 1. The summed E-state index contributed by atoms with van der Waals surface area (Å²) in [5.74, 6) is -0.736. The summed E-state index contributed by atoms with van der Waals surface area (Å²) in [5.41, 5.74) is 11.1. The van der Waals surface area contributed by atoms with Crippen LogP contribution in [0.15, 0.2) is 84.9 Å². The Morgan fingerprint density at radius 3 is 2.29 bits per heavy atom. The molecule has 0 spiro atoms. The highest BCUT2D eigenvalue weighted by molar-refractivity contribution is 6.30. The van der Waals surface area contributed by atoms with E-state index in [1.54, 1.807) is 18.2 Å². The van der Waals surface area contributed by atoms with E-state index in [1.165, 1.54) is 12.1 Å². The largest absolute Gasteiger partial charge is 0.366 e. The molecule has 2 N–H and O–H groups in total. The smallest absolute Gasteiger partial charge is 0.249 e. The van der Waals surface area contributed by atoms with Crippen LogP contribution < -0.4 is 5.73 Å². The molecule has 0 aliphatic rings. The van der Waals surface area contributed by atoms with Crippen molar-refractivity contribution in [3.63, 3.8) is 0 Å². The van der Waals surface area contributed by atoms with Gasteiger partial charge in [0.2, 0.25) is 5.91 Å². The van der Waals surface area contributed by atoms with Gasteiger partial charge in [-0.1, -0.05) is 54.1 Å². The number of rotatable bonds is 4. The van der Waals surface area contributed by atoms with E-state index in [1.807, 2.05) is 48.5 Å². The summed E-state index contributed by atoms with van der Waals surface area (Å²) in [4.78, 5) is 12.1. The van der Waals surface area contributed by atoms with E-state index in [2.05, 4.69) is 10.6 Å². The number of halogens is 2. The Kier molecular flexibility index (Phi) is 4.72. The van der Waals surface area contributed by atoms with E-state index >= 15 is 0 Å². The van der Waals surface area contributed by atoms with Gasteiger partial charge in [0.1, 0.15) is 5.82 Å². The van der Waals surface area contributed by atoms with Crippen molar-refractivity contribution in [1.82, 2.24) is 4.57 Å². The molecule has 5 aromatic rings. The summed E-state index contributed by atoms with van der Waals surface area (Å²) < 4.78 is 15.6. The Labute approximate surface area is 183 Å². The van der Waals surface area contributed by atoms with Crippen molar-refractivity contribution in [2.75, 3.05) is 0 Å². The van der Waals surface area contributed by atoms with Gasteiger partial charge in [-0.2, -0.15) is 0 Å². The van der Waals surface area contributed by atoms with Crippen LogP contribution in [-0.4, -0.2) is 10.5 Å². The van der Waals surface area contributed by atoms with Crippen molar-refractivity contribution in [3.05, 3.63) is 107 Å². The molecule has 4 aromatic carbocycles. The van der Waals surface area contributed by atoms with Gasteiger partial charge in [0.15, 0.2) is 0 Å². The molecule has 0 fully saturated rings. The van der Waals surface area contributed by atoms with E-state index in [0.29, 0.717) is 17.1 Å². The van der Waals surface area contributed by atoms with Crippen LogP contribution in [0.4, 0.5) is 4.39 Å². The molecule has 1 heterocycles. The van der Waals surface area contributed by atoms with Crippen LogP contribution in [0.5, 0.6) is 0 Å². The highest BCUT2D eigenvalue weighted by Crippen LogP contribution is 2.35. The van der Waals surface area contributed by atoms with Crippen molar-refractivity contribution in [2.45, 2.75) is 6.54 Å². The second-order valence-electron chi connectivity index (χ2n) is 7.52. The van der Waals surface area contributed by atoms with Crippen LogP contribution in [0.3, 0.4) is 0 Å². The highest BCUT2D eigenvalue weighted by Gasteiger charge is 2.17. The third kappa shape index (κ3) is 3.45. The van der Waals surface area contributed by atoms with Crippen LogP contribution in [0.25, 0.3) is 32.9 Å². The number of benzene rings is 4. The molecular weight excluding hydrogens is 411 g/mol. The van der Waals surface area contributed by atoms with Crippen LogP contribution in [0.1, 0.15) is 15.9 Å². The molecule has 0 atom stereocenters. The molecule has 3 nitrogen and oxygen atoms in total. The third-order valence-corrected chi connectivity index (χ3v) is 5.84. The maximum Gasteiger partial charge on any atom is 0.249 e. The van der Waals surface area contributed by atoms with Crippen molar-refractivity contribution in [3.8, 4) is 11.1 Å². The summed E-state index contributed by atoms with van der Waals surface area (Å²) in [7, 11) is 0. The summed E-state index contributed by atoms with van der Waals surface area (Å²) in [6.07, 6.45) is 0. The van der Waals surface area contributed by atoms with Gasteiger partial charge in [-0.15, -0.1) is 0 Å². The minimum Gasteiger partial charge on any atom is -0.366 e. The molecule has 1 aromatic heterocycles. The van der Waals surface area contributed by atoms with Gasteiger partial charge < -0.3 is 10.3 Å². The fourth-order valence-corrected chi connectivity index (χ4v) is 4.24. The summed E-state index contributed by atoms with van der Waals surface area (Å²) >= 11 is 6.05. The molecule has 152 valence electrons. The first-order valence-electron chi connectivity index (χ1n) is 9.86. The number of fused-ring (bicyclic) bond motifs is 3. The Hall–Kier alpha value is -3.63. The van der Waals surface area contributed by atoms with Gasteiger partial charge in [0, 0.05) is 27.9 Å². The maximum atomic E-state index is 13.4. The molecule has 0 bridgehead atoms. The molecule has 0 saturated heterocycles. The quantitative estimate of drug-likeness (QED) is 0.353. The molecule has 31 heavy (non-hydrogen) atoms. The molecule has 5 rings (SSSR count). The molecule has 0 aliphatic heterocycles. The van der Waals surface area contributed by atoms with E-state index in [4.69, 9.17) is 17.3 Å². The average molecular weight is 429 g/mol. The maximum absolute atomic E-state index is 13.4. The zero-order valence-corrected chi connectivity index (χ0v) is 17.2. The number of nitrogens with zero attached hydrogens (tertiary/aromatic N) is 1. The number of carbonyl (C=O) groups is 1. The summed E-state index contributed by atoms with van der Waals surface area (Å²) in [6, 6.07) is 25.9. The fourth-order valence-electron chi connectivity index (χ4n) is 4.11. The van der Waals surface area contributed by atoms with Crippen LogP contribution >= 0.6 is 11.6 Å². The second-order valence-corrected chi connectivity index (χ2v) is 7.95. The molecule has 5 heteroatoms. The standard InChI is InChI=1S/C26H18ClFN2O/c27-19-9-6-17(7-10-19)18-8-13-21-24(14-18)30(15-16-4-11-20(28)12-5-16)23-3-1-2-22(25(21)23)26(29)31/h1-14H,15H2,(H2,29,31). The number of aromatic nitrogens is 1. The molecular formula is C26H18ClFN2O. The van der Waals surface area contributed by atoms with Crippen LogP contribution in [0, 0.1) is 5.82 Å². The van der Waals surface area contributed by atoms with E-state index < -0.39 is 5.91 Å². The monoisotopic (exact) mass is 428 g/mol. The van der Waals surface area contributed by atoms with Gasteiger partial charge in [0.25, 0.3) is 0 Å². The molecule has 0 radical (unpaired) electrons. The molecule has 0 aliphatic carbocycles. The lowest BCUT2D eigenvalue weighted by Crippen LogP contribution is -2.11. The average Bonchev–Trinajstić information content (AvgIpc) is 3.09. The topological polar surface area (TPSA) is 48.0 Å². The lowest BCUT2D eigenvalue weighted by Gasteiger charge is -2.09. The lowest BCUT2D eigenvalue weighted by atomic mass is 10.0. The van der Waals surface area contributed by atoms with Crippen LogP contribution in [-0.2, 0) is 6.54 Å². The lowest BCUT2D eigenvalue weighted by molar-refractivity contribution is 0.100. The first kappa shape index (κ1) is 19.3. The van der Waals surface area contributed by atoms with Gasteiger partial charge in [-0.05, 0) is 59.2 Å². The predicted molar refractivity (Wildman–Crippen MR) is 124 cm³/mol. The summed E-state index contributed by atoms with van der Waals surface area (Å²) in [5, 5.41) is 2.46. The zero-order valence-electron chi connectivity index (χ0n) is 16.5. The fraction of sp³-hybridized carbons (Fsp3) is 0.0385. The first-order valence-corrected chi connectivity index (χ1v) is 10.2. The SMILES string of the molecule is NC(=O)c1cccc2c1c1ccc(-c3ccc(Cl)cc3)cc1n2Cc1ccc(F)cc1. The minimum absolute atomic E-state index is 0.271. The number of amides is 1. The number of hydrogen-bond donors (Lipinski definition) is 1. The van der Waals surface area contributed by atoms with Gasteiger partial charge in [-0.3, -0.25) is 4.79 Å². The van der Waals surface area contributed by atoms with E-state index in [-0.39, 0.29) is 5.82 Å². The van der Waals surface area contributed by atoms with Gasteiger partial charge >= 0.3 is 0 Å². The van der Waals surface area contributed by atoms with E-state index in [0.717, 1.165) is 38.5 Å². The second kappa shape index (κ2) is 7.56. The van der Waals surface area contributed by atoms with Crippen LogP contribution in [0.2, 0.25) is 5.02 Å². The Bertz CT molecular complexity index is 1440. The van der Waals surface area contributed by atoms with Crippen molar-refractivity contribution in [2.24, 2.45) is 5.73 Å².